The van der Waals surface area contributed by atoms with Gasteiger partial charge in [0.1, 0.15) is 5.75 Å². The van der Waals surface area contributed by atoms with Crippen LogP contribution in [0.2, 0.25) is 0 Å². The van der Waals surface area contributed by atoms with Gasteiger partial charge >= 0.3 is 0 Å². The summed E-state index contributed by atoms with van der Waals surface area (Å²) in [7, 11) is 1.65. The van der Waals surface area contributed by atoms with Crippen molar-refractivity contribution in [2.24, 2.45) is 5.92 Å². The number of hydrogen-bond donors (Lipinski definition) is 1. The molecule has 0 spiro atoms. The van der Waals surface area contributed by atoms with Crippen molar-refractivity contribution in [3.8, 4) is 5.75 Å². The number of hydrogen-bond acceptors (Lipinski definition) is 2. The minimum atomic E-state index is -0.112. The Hall–Kier alpha value is -2.29. The molecule has 0 saturated heterocycles. The van der Waals surface area contributed by atoms with Crippen LogP contribution in [0.3, 0.4) is 0 Å². The van der Waals surface area contributed by atoms with Crippen molar-refractivity contribution in [3.05, 3.63) is 65.7 Å². The van der Waals surface area contributed by atoms with Gasteiger partial charge in [-0.05, 0) is 29.2 Å². The molecule has 2 atom stereocenters. The number of nitrogens with one attached hydrogen (secondary N) is 1. The summed E-state index contributed by atoms with van der Waals surface area (Å²) in [5.74, 6) is 1.09. The van der Waals surface area contributed by atoms with Crippen molar-refractivity contribution in [1.29, 1.82) is 0 Å². The number of benzene rings is 2. The number of rotatable bonds is 7. The summed E-state index contributed by atoms with van der Waals surface area (Å²) in [6, 6.07) is 17.8. The molecule has 2 rings (SSSR count). The number of ether oxygens (including phenoxy) is 1. The third-order valence-electron chi connectivity index (χ3n) is 4.28. The molecule has 0 aliphatic carbocycles. The van der Waals surface area contributed by atoms with Crippen molar-refractivity contribution >= 4 is 5.91 Å². The maximum atomic E-state index is 12.7. The van der Waals surface area contributed by atoms with Crippen molar-refractivity contribution in [2.45, 2.75) is 32.7 Å². The Kier molecular flexibility index (Phi) is 6.21. The van der Waals surface area contributed by atoms with E-state index in [2.05, 4.69) is 19.2 Å². The van der Waals surface area contributed by atoms with Gasteiger partial charge in [0.25, 0.3) is 0 Å². The Balaban J connectivity index is 2.05. The molecule has 3 heteroatoms. The first-order valence-electron chi connectivity index (χ1n) is 8.11. The highest BCUT2D eigenvalue weighted by atomic mass is 16.5. The molecule has 1 amide bonds. The molecular formula is C20H25NO2. The Morgan fingerprint density at radius 2 is 1.74 bits per heavy atom. The highest BCUT2D eigenvalue weighted by Gasteiger charge is 2.25. The fourth-order valence-corrected chi connectivity index (χ4v) is 2.68. The monoisotopic (exact) mass is 311 g/mol. The largest absolute Gasteiger partial charge is 0.497 e. The summed E-state index contributed by atoms with van der Waals surface area (Å²) < 4.78 is 5.15. The van der Waals surface area contributed by atoms with Crippen molar-refractivity contribution in [2.75, 3.05) is 7.11 Å². The fraction of sp³-hybridized carbons (Fsp3) is 0.350. The van der Waals surface area contributed by atoms with Gasteiger partial charge in [-0.1, -0.05) is 62.7 Å². The summed E-state index contributed by atoms with van der Waals surface area (Å²) >= 11 is 0. The molecule has 0 radical (unpaired) electrons. The average molecular weight is 311 g/mol. The summed E-state index contributed by atoms with van der Waals surface area (Å²) in [5, 5.41) is 3.07. The molecule has 0 heterocycles. The van der Waals surface area contributed by atoms with Gasteiger partial charge in [-0.25, -0.2) is 0 Å². The van der Waals surface area contributed by atoms with Gasteiger partial charge in [0, 0.05) is 6.54 Å². The first-order chi connectivity index (χ1) is 11.2. The molecule has 0 aliphatic rings. The molecule has 0 aliphatic heterocycles. The lowest BCUT2D eigenvalue weighted by molar-refractivity contribution is -0.123. The number of carbonyl (C=O) groups excluding carboxylic acids is 1. The molecular weight excluding hydrogens is 286 g/mol. The topological polar surface area (TPSA) is 38.3 Å². The molecule has 0 aromatic heterocycles. The molecule has 0 unspecified atom stereocenters. The number of carbonyl (C=O) groups is 1. The second-order valence-corrected chi connectivity index (χ2v) is 5.84. The van der Waals surface area contributed by atoms with Crippen LogP contribution in [-0.4, -0.2) is 13.0 Å². The molecule has 1 N–H and O–H groups in total. The molecule has 2 aromatic carbocycles. The van der Waals surface area contributed by atoms with Gasteiger partial charge < -0.3 is 10.1 Å². The normalized spacial score (nSPS) is 13.2. The van der Waals surface area contributed by atoms with Crippen molar-refractivity contribution in [3.63, 3.8) is 0 Å². The van der Waals surface area contributed by atoms with Crippen LogP contribution in [0.5, 0.6) is 5.75 Å². The lowest BCUT2D eigenvalue weighted by atomic mass is 9.85. The zero-order valence-electron chi connectivity index (χ0n) is 14.1. The third-order valence-corrected chi connectivity index (χ3v) is 4.28. The van der Waals surface area contributed by atoms with E-state index in [1.807, 2.05) is 54.6 Å². The molecule has 3 nitrogen and oxygen atoms in total. The van der Waals surface area contributed by atoms with Gasteiger partial charge in [0.15, 0.2) is 0 Å². The van der Waals surface area contributed by atoms with Crippen molar-refractivity contribution in [1.82, 2.24) is 5.32 Å². The minimum absolute atomic E-state index is 0.0846. The second-order valence-electron chi connectivity index (χ2n) is 5.84. The molecule has 23 heavy (non-hydrogen) atoms. The molecule has 0 fully saturated rings. The maximum Gasteiger partial charge on any atom is 0.228 e. The molecule has 2 aromatic rings. The first-order valence-corrected chi connectivity index (χ1v) is 8.11. The highest BCUT2D eigenvalue weighted by Crippen LogP contribution is 2.27. The average Bonchev–Trinajstić information content (AvgIpc) is 2.61. The quantitative estimate of drug-likeness (QED) is 0.834. The maximum absolute atomic E-state index is 12.7. The van der Waals surface area contributed by atoms with E-state index in [0.717, 1.165) is 23.3 Å². The Morgan fingerprint density at radius 1 is 1.09 bits per heavy atom. The van der Waals surface area contributed by atoms with Crippen LogP contribution in [0.4, 0.5) is 0 Å². The molecule has 0 bridgehead atoms. The van der Waals surface area contributed by atoms with E-state index in [-0.39, 0.29) is 11.8 Å². The van der Waals surface area contributed by atoms with Crippen LogP contribution >= 0.6 is 0 Å². The van der Waals surface area contributed by atoms with E-state index in [4.69, 9.17) is 4.74 Å². The summed E-state index contributed by atoms with van der Waals surface area (Å²) in [6.45, 7) is 4.78. The van der Waals surface area contributed by atoms with E-state index in [1.165, 1.54) is 0 Å². The molecule has 122 valence electrons. The van der Waals surface area contributed by atoms with E-state index < -0.39 is 0 Å². The summed E-state index contributed by atoms with van der Waals surface area (Å²) in [4.78, 5) is 12.7. The lowest BCUT2D eigenvalue weighted by Crippen LogP contribution is -2.32. The first kappa shape index (κ1) is 17.1. The second kappa shape index (κ2) is 8.37. The Morgan fingerprint density at radius 3 is 2.30 bits per heavy atom. The summed E-state index contributed by atoms with van der Waals surface area (Å²) in [5.41, 5.74) is 2.14. The van der Waals surface area contributed by atoms with Crippen LogP contribution in [0.15, 0.2) is 54.6 Å². The smallest absolute Gasteiger partial charge is 0.228 e. The Bertz CT molecular complexity index is 607. The van der Waals surface area contributed by atoms with Crippen LogP contribution in [0.1, 0.15) is 37.3 Å². The SMILES string of the molecule is CC[C@@H](C)[C@H](C(=O)NCc1ccc(OC)cc1)c1ccccc1. The third kappa shape index (κ3) is 4.59. The van der Waals surface area contributed by atoms with Crippen LogP contribution in [0.25, 0.3) is 0 Å². The van der Waals surface area contributed by atoms with Crippen LogP contribution < -0.4 is 10.1 Å². The van der Waals surface area contributed by atoms with Gasteiger partial charge in [0.2, 0.25) is 5.91 Å². The van der Waals surface area contributed by atoms with E-state index in [0.29, 0.717) is 12.5 Å². The lowest BCUT2D eigenvalue weighted by Gasteiger charge is -2.23. The van der Waals surface area contributed by atoms with Gasteiger partial charge in [-0.2, -0.15) is 0 Å². The van der Waals surface area contributed by atoms with Gasteiger partial charge in [0.05, 0.1) is 13.0 Å². The van der Waals surface area contributed by atoms with Gasteiger partial charge in [-0.3, -0.25) is 4.79 Å². The fourth-order valence-electron chi connectivity index (χ4n) is 2.68. The predicted octanol–water partition coefficient (Wildman–Crippen LogP) is 4.14. The zero-order chi connectivity index (χ0) is 16.7. The van der Waals surface area contributed by atoms with Gasteiger partial charge in [-0.15, -0.1) is 0 Å². The minimum Gasteiger partial charge on any atom is -0.497 e. The summed E-state index contributed by atoms with van der Waals surface area (Å²) in [6.07, 6.45) is 0.968. The van der Waals surface area contributed by atoms with Crippen LogP contribution in [0, 0.1) is 5.92 Å². The Labute approximate surface area is 138 Å². The standard InChI is InChI=1S/C20H25NO2/c1-4-15(2)19(17-8-6-5-7-9-17)20(22)21-14-16-10-12-18(23-3)13-11-16/h5-13,15,19H,4,14H2,1-3H3,(H,21,22)/t15-,19+/m1/s1. The van der Waals surface area contributed by atoms with Crippen molar-refractivity contribution < 1.29 is 9.53 Å². The number of amides is 1. The van der Waals surface area contributed by atoms with E-state index >= 15 is 0 Å². The van der Waals surface area contributed by atoms with E-state index in [9.17, 15) is 4.79 Å². The predicted molar refractivity (Wildman–Crippen MR) is 93.5 cm³/mol. The molecule has 0 saturated carbocycles. The van der Waals surface area contributed by atoms with E-state index in [1.54, 1.807) is 7.11 Å². The highest BCUT2D eigenvalue weighted by molar-refractivity contribution is 5.83. The number of methoxy groups -OCH3 is 1. The zero-order valence-corrected chi connectivity index (χ0v) is 14.1. The van der Waals surface area contributed by atoms with Crippen LogP contribution in [-0.2, 0) is 11.3 Å².